The van der Waals surface area contributed by atoms with E-state index in [4.69, 9.17) is 19.9 Å². The van der Waals surface area contributed by atoms with Gasteiger partial charge in [-0.1, -0.05) is 180 Å². The zero-order valence-electron chi connectivity index (χ0n) is 45.6. The molecule has 2 aliphatic heterocycles. The van der Waals surface area contributed by atoms with Crippen LogP contribution in [0, 0.1) is 11.8 Å². The summed E-state index contributed by atoms with van der Waals surface area (Å²) < 4.78 is 0. The second-order valence-electron chi connectivity index (χ2n) is 22.8. The fourth-order valence-corrected chi connectivity index (χ4v) is 13.3. The molecule has 0 N–H and O–H groups in total. The SMILES string of the molecule is CCCCCCCCC(CCCCCC)CN1C(=O)c2ccc3c4c(ccc(c24)C1=O)-c1nc2cc4nc5c(nc4cc2nc1-3)-c1ccc2c3c(ccc-5c13)C(=O)N(CC(CCCCCC)CCCCCCCC)C2=O. The van der Waals surface area contributed by atoms with Gasteiger partial charge in [-0.3, -0.25) is 29.0 Å². The first-order valence-electron chi connectivity index (χ1n) is 29.7. The highest BCUT2D eigenvalue weighted by atomic mass is 16.2. The Morgan fingerprint density at radius 3 is 0.816 bits per heavy atom. The molecular weight excluding hydrogens is 941 g/mol. The summed E-state index contributed by atoms with van der Waals surface area (Å²) in [6.45, 7) is 9.86. The average molecular weight is 1020 g/mol. The van der Waals surface area contributed by atoms with E-state index in [1.807, 2.05) is 60.7 Å². The van der Waals surface area contributed by atoms with Crippen LogP contribution in [0.25, 0.3) is 88.6 Å². The second-order valence-corrected chi connectivity index (χ2v) is 22.8. The van der Waals surface area contributed by atoms with Crippen LogP contribution < -0.4 is 0 Å². The van der Waals surface area contributed by atoms with Crippen LogP contribution in [0.5, 0.6) is 0 Å². The minimum atomic E-state index is -0.209. The maximum Gasteiger partial charge on any atom is 0.261 e. The summed E-state index contributed by atoms with van der Waals surface area (Å²) in [6, 6.07) is 19.4. The first-order chi connectivity index (χ1) is 37.2. The molecule has 5 aromatic carbocycles. The number of carbonyl (C=O) groups excluding carboxylic acids is 4. The molecular formula is C66H76N6O4. The molecule has 4 heterocycles. The molecule has 0 saturated carbocycles. The quantitative estimate of drug-likeness (QED) is 0.0270. The first kappa shape index (κ1) is 51.7. The summed E-state index contributed by atoms with van der Waals surface area (Å²) in [5.74, 6) is -0.268. The maximum atomic E-state index is 14.5. The van der Waals surface area contributed by atoms with E-state index in [9.17, 15) is 19.2 Å². The number of imide groups is 2. The lowest BCUT2D eigenvalue weighted by Gasteiger charge is -2.31. The third kappa shape index (κ3) is 9.50. The molecule has 10 nitrogen and oxygen atoms in total. The Morgan fingerprint density at radius 2 is 0.539 bits per heavy atom. The third-order valence-corrected chi connectivity index (χ3v) is 17.4. The Morgan fingerprint density at radius 1 is 0.316 bits per heavy atom. The van der Waals surface area contributed by atoms with Crippen molar-refractivity contribution in [2.75, 3.05) is 13.1 Å². The number of nitrogens with zero attached hydrogens (tertiary/aromatic N) is 6. The van der Waals surface area contributed by atoms with E-state index < -0.39 is 0 Å². The van der Waals surface area contributed by atoms with Crippen molar-refractivity contribution in [1.82, 2.24) is 29.7 Å². The van der Waals surface area contributed by atoms with Crippen LogP contribution in [0.1, 0.15) is 223 Å². The topological polar surface area (TPSA) is 126 Å². The maximum absolute atomic E-state index is 14.5. The number of carbonyl (C=O) groups is 4. The molecule has 0 fully saturated rings. The van der Waals surface area contributed by atoms with Gasteiger partial charge < -0.3 is 0 Å². The molecule has 394 valence electrons. The van der Waals surface area contributed by atoms with Crippen molar-refractivity contribution in [3.8, 4) is 45.0 Å². The molecule has 76 heavy (non-hydrogen) atoms. The number of rotatable bonds is 28. The highest BCUT2D eigenvalue weighted by Crippen LogP contribution is 2.51. The Balaban J connectivity index is 0.865. The Kier molecular flexibility index (Phi) is 15.4. The standard InChI is InChI=1S/C66H76N6O4/c1-5-9-13-17-19-23-27-41(25-21-15-11-7-3)39-71-63(73)47-33-29-43-55-44(30-34-48(57(47)55)64(71)74)60-59(43)67-51-37-53-54(38-52(51)68-60)70-62-46-32-36-50-58-49(35-31-45(56(46)58)61(62)69-53)65(75)72(66(50)76)40-42(26-22-16-12-8-4)28-24-20-18-14-10-6-2/h29-38,41-42H,5-28,39-40H2,1-4H3. The van der Waals surface area contributed by atoms with Gasteiger partial charge in [0.05, 0.1) is 44.8 Å². The minimum Gasteiger partial charge on any atom is -0.274 e. The van der Waals surface area contributed by atoms with Gasteiger partial charge in [0.15, 0.2) is 0 Å². The molecule has 4 aliphatic rings. The van der Waals surface area contributed by atoms with Gasteiger partial charge in [0, 0.05) is 79.1 Å². The van der Waals surface area contributed by atoms with E-state index in [2.05, 4.69) is 27.7 Å². The number of hydrogen-bond acceptors (Lipinski definition) is 8. The summed E-state index contributed by atoms with van der Waals surface area (Å²) in [5, 5.41) is 3.12. The van der Waals surface area contributed by atoms with Gasteiger partial charge in [0.25, 0.3) is 23.6 Å². The van der Waals surface area contributed by atoms with Gasteiger partial charge in [0.1, 0.15) is 0 Å². The van der Waals surface area contributed by atoms with E-state index in [0.717, 1.165) is 84.4 Å². The zero-order chi connectivity index (χ0) is 52.5. The van der Waals surface area contributed by atoms with Crippen LogP contribution in [0.2, 0.25) is 0 Å². The molecule has 2 unspecified atom stereocenters. The molecule has 2 aromatic heterocycles. The van der Waals surface area contributed by atoms with Crippen molar-refractivity contribution in [2.45, 2.75) is 182 Å². The Hall–Kier alpha value is -6.42. The van der Waals surface area contributed by atoms with Gasteiger partial charge in [-0.05, 0) is 73.9 Å². The zero-order valence-corrected chi connectivity index (χ0v) is 45.6. The predicted molar refractivity (Wildman–Crippen MR) is 308 cm³/mol. The molecule has 4 amide bonds. The summed E-state index contributed by atoms with van der Waals surface area (Å²) in [7, 11) is 0. The largest absolute Gasteiger partial charge is 0.274 e. The summed E-state index contributed by atoms with van der Waals surface area (Å²) in [6.07, 6.45) is 28.2. The fourth-order valence-electron chi connectivity index (χ4n) is 13.3. The van der Waals surface area contributed by atoms with Crippen molar-refractivity contribution in [2.24, 2.45) is 11.8 Å². The van der Waals surface area contributed by atoms with Crippen LogP contribution in [0.3, 0.4) is 0 Å². The van der Waals surface area contributed by atoms with E-state index in [-0.39, 0.29) is 35.5 Å². The van der Waals surface area contributed by atoms with Crippen molar-refractivity contribution in [3.05, 3.63) is 82.9 Å². The summed E-state index contributed by atoms with van der Waals surface area (Å²) in [4.78, 5) is 82.1. The lowest BCUT2D eigenvalue weighted by molar-refractivity contribution is 0.0563. The third-order valence-electron chi connectivity index (χ3n) is 17.4. The lowest BCUT2D eigenvalue weighted by atomic mass is 9.89. The monoisotopic (exact) mass is 1020 g/mol. The van der Waals surface area contributed by atoms with Crippen molar-refractivity contribution in [3.63, 3.8) is 0 Å². The van der Waals surface area contributed by atoms with Gasteiger partial charge in [-0.15, -0.1) is 0 Å². The predicted octanol–water partition coefficient (Wildman–Crippen LogP) is 17.0. The van der Waals surface area contributed by atoms with Crippen LogP contribution in [0.4, 0.5) is 0 Å². The van der Waals surface area contributed by atoms with Gasteiger partial charge in [-0.2, -0.15) is 0 Å². The van der Waals surface area contributed by atoms with E-state index in [0.29, 0.717) is 91.0 Å². The number of fused-ring (bicyclic) bond motifs is 8. The summed E-state index contributed by atoms with van der Waals surface area (Å²) in [5.41, 5.74) is 11.2. The average Bonchev–Trinajstić information content (AvgIpc) is 4.06. The van der Waals surface area contributed by atoms with Gasteiger partial charge in [-0.25, -0.2) is 19.9 Å². The van der Waals surface area contributed by atoms with Gasteiger partial charge in [0.2, 0.25) is 0 Å². The summed E-state index contributed by atoms with van der Waals surface area (Å²) >= 11 is 0. The number of unbranched alkanes of at least 4 members (excludes halogenated alkanes) is 16. The molecule has 0 saturated heterocycles. The molecule has 11 rings (SSSR count). The van der Waals surface area contributed by atoms with Crippen molar-refractivity contribution in [1.29, 1.82) is 0 Å². The number of aromatic nitrogens is 4. The van der Waals surface area contributed by atoms with E-state index in [1.165, 1.54) is 103 Å². The van der Waals surface area contributed by atoms with Gasteiger partial charge >= 0.3 is 0 Å². The Bertz CT molecular complexity index is 3020. The fraction of sp³-hybridized carbons (Fsp3) is 0.485. The highest BCUT2D eigenvalue weighted by molar-refractivity contribution is 6.32. The molecule has 0 radical (unpaired) electrons. The van der Waals surface area contributed by atoms with Crippen LogP contribution in [0.15, 0.2) is 60.7 Å². The molecule has 0 bridgehead atoms. The van der Waals surface area contributed by atoms with Crippen LogP contribution >= 0.6 is 0 Å². The van der Waals surface area contributed by atoms with E-state index >= 15 is 0 Å². The number of benzene rings is 5. The lowest BCUT2D eigenvalue weighted by Crippen LogP contribution is -2.43. The molecule has 0 spiro atoms. The molecule has 2 atom stereocenters. The smallest absolute Gasteiger partial charge is 0.261 e. The minimum absolute atomic E-state index is 0.209. The van der Waals surface area contributed by atoms with Crippen molar-refractivity contribution >= 4 is 67.2 Å². The number of hydrogen-bond donors (Lipinski definition) is 0. The highest BCUT2D eigenvalue weighted by Gasteiger charge is 2.40. The first-order valence-corrected chi connectivity index (χ1v) is 29.7. The van der Waals surface area contributed by atoms with Crippen LogP contribution in [-0.4, -0.2) is 66.5 Å². The van der Waals surface area contributed by atoms with Crippen molar-refractivity contribution < 1.29 is 19.2 Å². The Labute approximate surface area is 448 Å². The molecule has 2 aliphatic carbocycles. The second kappa shape index (κ2) is 22.7. The molecule has 10 heteroatoms. The number of amides is 4. The normalized spacial score (nSPS) is 14.8. The van der Waals surface area contributed by atoms with Crippen LogP contribution in [-0.2, 0) is 0 Å². The van der Waals surface area contributed by atoms with E-state index in [1.54, 1.807) is 9.80 Å². The molecule has 7 aromatic rings.